The van der Waals surface area contributed by atoms with Crippen molar-refractivity contribution >= 4 is 5.91 Å². The number of fused-ring (bicyclic) bond motifs is 1. The number of aryl methyl sites for hydroxylation is 1. The minimum absolute atomic E-state index is 0.0183. The lowest BCUT2D eigenvalue weighted by Crippen LogP contribution is -2.38. The summed E-state index contributed by atoms with van der Waals surface area (Å²) in [6, 6.07) is 5.58. The number of hydrogen-bond donors (Lipinski definition) is 0. The second-order valence-electron chi connectivity index (χ2n) is 7.08. The number of carbonyl (C=O) groups is 1. The first-order valence-electron chi connectivity index (χ1n) is 9.64. The first-order chi connectivity index (χ1) is 13.3. The van der Waals surface area contributed by atoms with Gasteiger partial charge in [-0.2, -0.15) is 4.98 Å². The van der Waals surface area contributed by atoms with Crippen molar-refractivity contribution < 1.29 is 18.8 Å². The molecule has 7 heteroatoms. The highest BCUT2D eigenvalue weighted by Crippen LogP contribution is 2.32. The Kier molecular flexibility index (Phi) is 5.38. The quantitative estimate of drug-likeness (QED) is 0.804. The van der Waals surface area contributed by atoms with Crippen LogP contribution in [0.4, 0.5) is 0 Å². The number of rotatable bonds is 5. The lowest BCUT2D eigenvalue weighted by molar-refractivity contribution is 0.0561. The first-order valence-corrected chi connectivity index (χ1v) is 9.64. The van der Waals surface area contributed by atoms with Crippen LogP contribution in [0.2, 0.25) is 0 Å². The van der Waals surface area contributed by atoms with Crippen molar-refractivity contribution in [1.82, 2.24) is 15.0 Å². The molecule has 1 atom stereocenters. The van der Waals surface area contributed by atoms with Crippen LogP contribution in [0.1, 0.15) is 59.4 Å². The number of ether oxygens (including phenoxy) is 2. The molecule has 2 aromatic rings. The highest BCUT2D eigenvalue weighted by Gasteiger charge is 2.33. The van der Waals surface area contributed by atoms with E-state index < -0.39 is 0 Å². The Bertz CT molecular complexity index is 804. The maximum absolute atomic E-state index is 13.2. The second-order valence-corrected chi connectivity index (χ2v) is 7.08. The highest BCUT2D eigenvalue weighted by atomic mass is 16.5. The van der Waals surface area contributed by atoms with Gasteiger partial charge in [0.1, 0.15) is 11.8 Å². The maximum atomic E-state index is 13.2. The van der Waals surface area contributed by atoms with Gasteiger partial charge in [-0.05, 0) is 55.9 Å². The summed E-state index contributed by atoms with van der Waals surface area (Å²) in [5, 5.41) is 4.03. The third kappa shape index (κ3) is 3.83. The molecule has 0 saturated carbocycles. The van der Waals surface area contributed by atoms with E-state index in [-0.39, 0.29) is 11.9 Å². The van der Waals surface area contributed by atoms with Gasteiger partial charge in [-0.15, -0.1) is 0 Å². The standard InChI is InChI=1S/C20H25N3O4/c1-25-12-9-18-21-19(27-22-18)16-6-2-3-10-23(16)20(24)15-7-8-17-14(13-15)5-4-11-26-17/h7-8,13,16H,2-6,9-12H2,1H3/t16-/m1/s1. The molecular weight excluding hydrogens is 346 g/mol. The fourth-order valence-electron chi connectivity index (χ4n) is 3.79. The predicted octanol–water partition coefficient (Wildman–Crippen LogP) is 2.95. The number of carbonyl (C=O) groups excluding carboxylic acids is 1. The molecule has 0 N–H and O–H groups in total. The minimum atomic E-state index is -0.165. The fraction of sp³-hybridized carbons (Fsp3) is 0.550. The van der Waals surface area contributed by atoms with Gasteiger partial charge in [0.2, 0.25) is 5.89 Å². The number of nitrogens with zero attached hydrogens (tertiary/aromatic N) is 3. The molecule has 2 aliphatic rings. The topological polar surface area (TPSA) is 77.7 Å². The molecule has 0 bridgehead atoms. The van der Waals surface area contributed by atoms with E-state index in [9.17, 15) is 4.79 Å². The minimum Gasteiger partial charge on any atom is -0.493 e. The lowest BCUT2D eigenvalue weighted by atomic mass is 9.98. The molecule has 7 nitrogen and oxygen atoms in total. The van der Waals surface area contributed by atoms with Gasteiger partial charge >= 0.3 is 0 Å². The molecule has 0 aliphatic carbocycles. The van der Waals surface area contributed by atoms with E-state index in [1.807, 2.05) is 23.1 Å². The number of aromatic nitrogens is 2. The molecule has 27 heavy (non-hydrogen) atoms. The summed E-state index contributed by atoms with van der Waals surface area (Å²) in [4.78, 5) is 19.6. The zero-order valence-electron chi connectivity index (χ0n) is 15.6. The van der Waals surface area contributed by atoms with E-state index in [0.717, 1.165) is 50.0 Å². The number of methoxy groups -OCH3 is 1. The molecule has 0 spiro atoms. The van der Waals surface area contributed by atoms with Crippen LogP contribution in [-0.2, 0) is 17.6 Å². The van der Waals surface area contributed by atoms with E-state index in [1.54, 1.807) is 7.11 Å². The molecule has 1 fully saturated rings. The molecular formula is C20H25N3O4. The Hall–Kier alpha value is -2.41. The van der Waals surface area contributed by atoms with Gasteiger partial charge in [0, 0.05) is 25.6 Å². The van der Waals surface area contributed by atoms with Crippen LogP contribution < -0.4 is 4.74 Å². The van der Waals surface area contributed by atoms with Crippen molar-refractivity contribution in [3.05, 3.63) is 41.0 Å². The zero-order chi connectivity index (χ0) is 18.6. The number of hydrogen-bond acceptors (Lipinski definition) is 6. The Balaban J connectivity index is 1.55. The Morgan fingerprint density at radius 3 is 3.15 bits per heavy atom. The SMILES string of the molecule is COCCc1noc([C@H]2CCCCN2C(=O)c2ccc3c(c2)CCCO3)n1. The molecule has 1 amide bonds. The second kappa shape index (κ2) is 8.08. The van der Waals surface area contributed by atoms with E-state index in [0.29, 0.717) is 36.9 Å². The number of piperidine rings is 1. The predicted molar refractivity (Wildman–Crippen MR) is 97.8 cm³/mol. The number of likely N-dealkylation sites (tertiary alicyclic amines) is 1. The van der Waals surface area contributed by atoms with Gasteiger partial charge in [0.25, 0.3) is 5.91 Å². The summed E-state index contributed by atoms with van der Waals surface area (Å²) in [6.07, 6.45) is 5.41. The third-order valence-electron chi connectivity index (χ3n) is 5.22. The first kappa shape index (κ1) is 18.0. The average molecular weight is 371 g/mol. The van der Waals surface area contributed by atoms with E-state index in [1.165, 1.54) is 0 Å². The summed E-state index contributed by atoms with van der Waals surface area (Å²) in [5.41, 5.74) is 1.81. The van der Waals surface area contributed by atoms with Crippen molar-refractivity contribution in [2.24, 2.45) is 0 Å². The number of amides is 1. The van der Waals surface area contributed by atoms with Crippen LogP contribution in [-0.4, -0.2) is 47.8 Å². The third-order valence-corrected chi connectivity index (χ3v) is 5.22. The molecule has 4 rings (SSSR count). The smallest absolute Gasteiger partial charge is 0.254 e. The van der Waals surface area contributed by atoms with Gasteiger partial charge < -0.3 is 18.9 Å². The molecule has 0 radical (unpaired) electrons. The van der Waals surface area contributed by atoms with Crippen LogP contribution in [0.25, 0.3) is 0 Å². The van der Waals surface area contributed by atoms with Gasteiger partial charge in [-0.25, -0.2) is 0 Å². The summed E-state index contributed by atoms with van der Waals surface area (Å²) < 4.78 is 16.2. The Labute approximate surface area is 158 Å². The average Bonchev–Trinajstić information content (AvgIpc) is 3.20. The van der Waals surface area contributed by atoms with Gasteiger partial charge in [-0.1, -0.05) is 5.16 Å². The van der Waals surface area contributed by atoms with Crippen LogP contribution in [0, 0.1) is 0 Å². The summed E-state index contributed by atoms with van der Waals surface area (Å²) in [7, 11) is 1.64. The van der Waals surface area contributed by atoms with Crippen molar-refractivity contribution in [3.8, 4) is 5.75 Å². The zero-order valence-corrected chi connectivity index (χ0v) is 15.6. The van der Waals surface area contributed by atoms with E-state index >= 15 is 0 Å². The molecule has 0 unspecified atom stereocenters. The molecule has 2 aliphatic heterocycles. The van der Waals surface area contributed by atoms with Gasteiger partial charge in [-0.3, -0.25) is 4.79 Å². The van der Waals surface area contributed by atoms with Crippen LogP contribution in [0.15, 0.2) is 22.7 Å². The van der Waals surface area contributed by atoms with E-state index in [2.05, 4.69) is 10.1 Å². The van der Waals surface area contributed by atoms with Crippen molar-refractivity contribution in [2.45, 2.75) is 44.6 Å². The van der Waals surface area contributed by atoms with Crippen molar-refractivity contribution in [1.29, 1.82) is 0 Å². The summed E-state index contributed by atoms with van der Waals surface area (Å²) >= 11 is 0. The molecule has 1 aromatic heterocycles. The fourth-order valence-corrected chi connectivity index (χ4v) is 3.79. The van der Waals surface area contributed by atoms with Gasteiger partial charge in [0.15, 0.2) is 5.82 Å². The van der Waals surface area contributed by atoms with Crippen molar-refractivity contribution in [2.75, 3.05) is 26.9 Å². The van der Waals surface area contributed by atoms with Crippen molar-refractivity contribution in [3.63, 3.8) is 0 Å². The molecule has 1 aromatic carbocycles. The Morgan fingerprint density at radius 2 is 2.26 bits per heavy atom. The Morgan fingerprint density at radius 1 is 1.33 bits per heavy atom. The lowest BCUT2D eigenvalue weighted by Gasteiger charge is -2.33. The monoisotopic (exact) mass is 371 g/mol. The van der Waals surface area contributed by atoms with E-state index in [4.69, 9.17) is 14.0 Å². The van der Waals surface area contributed by atoms with Crippen LogP contribution in [0.3, 0.4) is 0 Å². The highest BCUT2D eigenvalue weighted by molar-refractivity contribution is 5.95. The molecule has 144 valence electrons. The van der Waals surface area contributed by atoms with Gasteiger partial charge in [0.05, 0.1) is 13.2 Å². The summed E-state index contributed by atoms with van der Waals surface area (Å²) in [6.45, 7) is 1.99. The normalized spacial score (nSPS) is 19.4. The molecule has 3 heterocycles. The van der Waals surface area contributed by atoms with Crippen LogP contribution in [0.5, 0.6) is 5.75 Å². The number of benzene rings is 1. The van der Waals surface area contributed by atoms with Crippen LogP contribution >= 0.6 is 0 Å². The maximum Gasteiger partial charge on any atom is 0.254 e. The summed E-state index contributed by atoms with van der Waals surface area (Å²) in [5.74, 6) is 2.06. The largest absolute Gasteiger partial charge is 0.493 e. The molecule has 1 saturated heterocycles.